The van der Waals surface area contributed by atoms with Gasteiger partial charge in [0.05, 0.1) is 29.2 Å². The van der Waals surface area contributed by atoms with Crippen molar-refractivity contribution in [1.29, 1.82) is 0 Å². The largest absolute Gasteiger partial charge is 0.493 e. The Labute approximate surface area is 169 Å². The average Bonchev–Trinajstić information content (AvgIpc) is 2.93. The predicted molar refractivity (Wildman–Crippen MR) is 112 cm³/mol. The van der Waals surface area contributed by atoms with E-state index in [0.717, 1.165) is 43.4 Å². The van der Waals surface area contributed by atoms with Crippen LogP contribution in [0, 0.1) is 0 Å². The molecule has 2 aliphatic rings. The summed E-state index contributed by atoms with van der Waals surface area (Å²) in [5, 5.41) is 5.79. The van der Waals surface area contributed by atoms with Gasteiger partial charge in [0.1, 0.15) is 11.6 Å². The third kappa shape index (κ3) is 3.72. The first-order chi connectivity index (χ1) is 13.7. The first-order valence-corrected chi connectivity index (χ1v) is 11.2. The van der Waals surface area contributed by atoms with Gasteiger partial charge >= 0.3 is 0 Å². The Morgan fingerprint density at radius 1 is 1.18 bits per heavy atom. The van der Waals surface area contributed by atoms with E-state index in [2.05, 4.69) is 17.3 Å². The number of benzene rings is 1. The molecule has 1 aliphatic heterocycles. The van der Waals surface area contributed by atoms with Crippen LogP contribution in [-0.4, -0.2) is 28.0 Å². The van der Waals surface area contributed by atoms with Crippen LogP contribution in [0.15, 0.2) is 29.1 Å². The molecule has 1 unspecified atom stereocenters. The number of carbonyl (C=O) groups is 1. The lowest BCUT2D eigenvalue weighted by molar-refractivity contribution is -0.113. The van der Waals surface area contributed by atoms with Crippen LogP contribution in [0.25, 0.3) is 0 Å². The van der Waals surface area contributed by atoms with Crippen LogP contribution >= 0.6 is 11.8 Å². The van der Waals surface area contributed by atoms with E-state index in [1.807, 2.05) is 28.9 Å². The summed E-state index contributed by atoms with van der Waals surface area (Å²) < 4.78 is 7.87. The normalized spacial score (nSPS) is 20.3. The zero-order valence-electron chi connectivity index (χ0n) is 16.2. The van der Waals surface area contributed by atoms with Crippen LogP contribution in [0.4, 0.5) is 5.82 Å². The number of nitrogens with one attached hydrogen (secondary N) is 2. The van der Waals surface area contributed by atoms with Gasteiger partial charge in [-0.25, -0.2) is 0 Å². The maximum absolute atomic E-state index is 13.0. The highest BCUT2D eigenvalue weighted by Gasteiger charge is 2.33. The minimum absolute atomic E-state index is 0.0655. The number of amides is 1. The van der Waals surface area contributed by atoms with Crippen molar-refractivity contribution in [3.05, 3.63) is 45.7 Å². The van der Waals surface area contributed by atoms with Gasteiger partial charge in [0.2, 0.25) is 5.91 Å². The van der Waals surface area contributed by atoms with E-state index < -0.39 is 0 Å². The number of H-pyrrole nitrogens is 1. The molecule has 0 bridgehead atoms. The molecule has 2 heterocycles. The smallest absolute Gasteiger partial charge is 0.270 e. The van der Waals surface area contributed by atoms with E-state index in [9.17, 15) is 9.59 Å². The molecular weight excluding hydrogens is 374 g/mol. The number of hydrogen-bond donors (Lipinski definition) is 2. The molecule has 1 amide bonds. The number of para-hydroxylation sites is 1. The fourth-order valence-electron chi connectivity index (χ4n) is 4.14. The molecule has 150 valence electrons. The van der Waals surface area contributed by atoms with Crippen LogP contribution in [0.1, 0.15) is 67.9 Å². The lowest BCUT2D eigenvalue weighted by Crippen LogP contribution is -2.21. The number of nitrogens with zero attached hydrogens (tertiary/aromatic N) is 1. The van der Waals surface area contributed by atoms with Gasteiger partial charge in [-0.1, -0.05) is 44.4 Å². The van der Waals surface area contributed by atoms with Crippen LogP contribution in [0.3, 0.4) is 0 Å². The number of anilines is 1. The first-order valence-electron chi connectivity index (χ1n) is 10.2. The topological polar surface area (TPSA) is 76.1 Å². The molecule has 1 saturated carbocycles. The Bertz CT molecular complexity index is 899. The van der Waals surface area contributed by atoms with Crippen molar-refractivity contribution in [2.75, 3.05) is 17.7 Å². The van der Waals surface area contributed by atoms with Crippen molar-refractivity contribution in [3.8, 4) is 5.75 Å². The summed E-state index contributed by atoms with van der Waals surface area (Å²) in [5.41, 5.74) is 1.46. The first kappa shape index (κ1) is 19.2. The number of aromatic amines is 1. The Balaban J connectivity index is 1.79. The molecule has 1 aromatic carbocycles. The number of carbonyl (C=O) groups excluding carboxylic acids is 1. The number of ether oxygens (including phenoxy) is 1. The van der Waals surface area contributed by atoms with Crippen molar-refractivity contribution in [1.82, 2.24) is 9.78 Å². The van der Waals surface area contributed by atoms with Crippen molar-refractivity contribution >= 4 is 23.5 Å². The van der Waals surface area contributed by atoms with E-state index in [1.165, 1.54) is 18.2 Å². The molecule has 1 aliphatic carbocycles. The van der Waals surface area contributed by atoms with Gasteiger partial charge in [-0.05, 0) is 25.3 Å². The quantitative estimate of drug-likeness (QED) is 0.785. The summed E-state index contributed by atoms with van der Waals surface area (Å²) in [6.07, 6.45) is 6.51. The molecule has 1 fully saturated rings. The number of thioether (sulfide) groups is 1. The zero-order valence-corrected chi connectivity index (χ0v) is 17.0. The molecule has 0 spiro atoms. The minimum Gasteiger partial charge on any atom is -0.493 e. The van der Waals surface area contributed by atoms with Crippen LogP contribution in [-0.2, 0) is 4.79 Å². The van der Waals surface area contributed by atoms with E-state index in [4.69, 9.17) is 4.74 Å². The Morgan fingerprint density at radius 2 is 1.96 bits per heavy atom. The number of rotatable bonds is 5. The van der Waals surface area contributed by atoms with Crippen molar-refractivity contribution < 1.29 is 9.53 Å². The Morgan fingerprint density at radius 3 is 2.75 bits per heavy atom. The second-order valence-corrected chi connectivity index (χ2v) is 8.58. The molecule has 1 atom stereocenters. The van der Waals surface area contributed by atoms with E-state index >= 15 is 0 Å². The molecule has 4 rings (SSSR count). The van der Waals surface area contributed by atoms with Gasteiger partial charge in [-0.3, -0.25) is 19.4 Å². The summed E-state index contributed by atoms with van der Waals surface area (Å²) >= 11 is 1.48. The molecule has 2 aromatic rings. The summed E-state index contributed by atoms with van der Waals surface area (Å²) in [7, 11) is 0. The molecule has 28 heavy (non-hydrogen) atoms. The van der Waals surface area contributed by atoms with Gasteiger partial charge in [-0.2, -0.15) is 0 Å². The van der Waals surface area contributed by atoms with Crippen LogP contribution in [0.2, 0.25) is 0 Å². The second-order valence-electron chi connectivity index (χ2n) is 7.49. The molecular formula is C21H27N3O3S. The van der Waals surface area contributed by atoms with Gasteiger partial charge in [0.25, 0.3) is 5.56 Å². The Hall–Kier alpha value is -2.15. The van der Waals surface area contributed by atoms with Crippen LogP contribution < -0.4 is 15.6 Å². The standard InChI is InChI=1S/C21H27N3O3S/c1-2-12-27-16-11-7-6-10-15(16)19-18-20(22-17(25)13-28-19)24(23-21(18)26)14-8-4-3-5-9-14/h6-7,10-11,14,19H,2-5,8-9,12-13H2,1H3,(H,22,25)(H,23,26). The fraction of sp³-hybridized carbons (Fsp3) is 0.524. The molecule has 0 radical (unpaired) electrons. The molecule has 1 aromatic heterocycles. The lowest BCUT2D eigenvalue weighted by Gasteiger charge is -2.25. The van der Waals surface area contributed by atoms with Crippen LogP contribution in [0.5, 0.6) is 5.75 Å². The van der Waals surface area contributed by atoms with Gasteiger partial charge < -0.3 is 10.1 Å². The van der Waals surface area contributed by atoms with Gasteiger partial charge in [0, 0.05) is 5.56 Å². The molecule has 7 heteroatoms. The predicted octanol–water partition coefficient (Wildman–Crippen LogP) is 4.25. The second kappa shape index (κ2) is 8.47. The van der Waals surface area contributed by atoms with Crippen molar-refractivity contribution in [2.24, 2.45) is 0 Å². The monoisotopic (exact) mass is 401 g/mol. The summed E-state index contributed by atoms with van der Waals surface area (Å²) in [4.78, 5) is 25.4. The summed E-state index contributed by atoms with van der Waals surface area (Å²) in [6.45, 7) is 2.69. The maximum atomic E-state index is 13.0. The van der Waals surface area contributed by atoms with Gasteiger partial charge in [0.15, 0.2) is 0 Å². The van der Waals surface area contributed by atoms with Crippen molar-refractivity contribution in [2.45, 2.75) is 56.7 Å². The lowest BCUT2D eigenvalue weighted by atomic mass is 9.95. The van der Waals surface area contributed by atoms with E-state index in [1.54, 1.807) is 0 Å². The fourth-order valence-corrected chi connectivity index (χ4v) is 5.29. The average molecular weight is 402 g/mol. The Kier molecular flexibility index (Phi) is 5.80. The summed E-state index contributed by atoms with van der Waals surface area (Å²) in [6, 6.07) is 8.08. The zero-order chi connectivity index (χ0) is 19.5. The third-order valence-electron chi connectivity index (χ3n) is 5.47. The SMILES string of the molecule is CCCOc1ccccc1C1SCC(=O)Nc2c1c(=O)[nH]n2C1CCCCC1. The van der Waals surface area contributed by atoms with Crippen molar-refractivity contribution in [3.63, 3.8) is 0 Å². The number of hydrogen-bond acceptors (Lipinski definition) is 4. The highest BCUT2D eigenvalue weighted by atomic mass is 32.2. The highest BCUT2D eigenvalue weighted by Crippen LogP contribution is 2.44. The number of fused-ring (bicyclic) bond motifs is 1. The third-order valence-corrected chi connectivity index (χ3v) is 6.72. The molecule has 2 N–H and O–H groups in total. The number of aromatic nitrogens is 2. The van der Waals surface area contributed by atoms with Gasteiger partial charge in [-0.15, -0.1) is 11.8 Å². The van der Waals surface area contributed by atoms with E-state index in [-0.39, 0.29) is 22.8 Å². The summed E-state index contributed by atoms with van der Waals surface area (Å²) in [5.74, 6) is 1.67. The molecule has 0 saturated heterocycles. The maximum Gasteiger partial charge on any atom is 0.270 e. The van der Waals surface area contributed by atoms with E-state index in [0.29, 0.717) is 23.7 Å². The minimum atomic E-state index is -0.240. The molecule has 6 nitrogen and oxygen atoms in total. The highest BCUT2D eigenvalue weighted by molar-refractivity contribution is 8.00.